The summed E-state index contributed by atoms with van der Waals surface area (Å²) in [5, 5.41) is 32.0. The Morgan fingerprint density at radius 2 is 1.53 bits per heavy atom. The highest BCUT2D eigenvalue weighted by Gasteiger charge is 2.22. The number of carbonyl (C=O) groups is 4. The summed E-state index contributed by atoms with van der Waals surface area (Å²) >= 11 is 6.13. The lowest BCUT2D eigenvalue weighted by Crippen LogP contribution is -2.23. The molecule has 12 heteroatoms. The van der Waals surface area contributed by atoms with E-state index in [-0.39, 0.29) is 0 Å². The van der Waals surface area contributed by atoms with Crippen LogP contribution in [0.4, 0.5) is 0 Å². The zero-order chi connectivity index (χ0) is 27.7. The fraction of sp³-hybridized carbons (Fsp3) is 0.417. The lowest BCUT2D eigenvalue weighted by molar-refractivity contribution is -0.134. The SMILES string of the molecule is CC(C)COc1ccc(Cl)cc1CN1CC[C@@H](CN)C1.O=C(O)/C=C/C(=O)O.O=C(O)/C=C/C(=O)O. The molecular formula is C24H33ClN2O9. The molecule has 1 fully saturated rings. The van der Waals surface area contributed by atoms with E-state index in [4.69, 9.17) is 42.5 Å². The van der Waals surface area contributed by atoms with Crippen LogP contribution in [0, 0.1) is 11.8 Å². The fourth-order valence-corrected chi connectivity index (χ4v) is 3.04. The van der Waals surface area contributed by atoms with E-state index in [0.29, 0.717) is 36.1 Å². The van der Waals surface area contributed by atoms with Crippen LogP contribution in [0.5, 0.6) is 5.75 Å². The summed E-state index contributed by atoms with van der Waals surface area (Å²) in [6.07, 6.45) is 3.43. The van der Waals surface area contributed by atoms with Gasteiger partial charge in [-0.1, -0.05) is 25.4 Å². The Morgan fingerprint density at radius 3 is 1.92 bits per heavy atom. The van der Waals surface area contributed by atoms with Gasteiger partial charge in [-0.05, 0) is 49.5 Å². The summed E-state index contributed by atoms with van der Waals surface area (Å²) in [7, 11) is 0. The van der Waals surface area contributed by atoms with Crippen molar-refractivity contribution < 1.29 is 44.3 Å². The second-order valence-electron chi connectivity index (χ2n) is 8.10. The number of nitrogens with zero attached hydrogens (tertiary/aromatic N) is 1. The molecule has 0 saturated carbocycles. The minimum Gasteiger partial charge on any atom is -0.493 e. The minimum absolute atomic E-state index is 0.520. The van der Waals surface area contributed by atoms with E-state index in [1.165, 1.54) is 12.0 Å². The molecule has 1 heterocycles. The van der Waals surface area contributed by atoms with Gasteiger partial charge in [0, 0.05) is 48.0 Å². The van der Waals surface area contributed by atoms with Gasteiger partial charge in [0.15, 0.2) is 0 Å². The maximum atomic E-state index is 9.55. The van der Waals surface area contributed by atoms with Crippen LogP contribution >= 0.6 is 11.6 Å². The van der Waals surface area contributed by atoms with Gasteiger partial charge in [-0.15, -0.1) is 0 Å². The van der Waals surface area contributed by atoms with Crippen LogP contribution < -0.4 is 10.5 Å². The van der Waals surface area contributed by atoms with E-state index in [0.717, 1.165) is 43.6 Å². The van der Waals surface area contributed by atoms with Crippen molar-refractivity contribution in [3.05, 3.63) is 53.1 Å². The lowest BCUT2D eigenvalue weighted by Gasteiger charge is -2.19. The van der Waals surface area contributed by atoms with Gasteiger partial charge in [0.05, 0.1) is 6.61 Å². The quantitative estimate of drug-likeness (QED) is 0.281. The van der Waals surface area contributed by atoms with Crippen molar-refractivity contribution in [2.45, 2.75) is 26.8 Å². The molecule has 36 heavy (non-hydrogen) atoms. The second kappa shape index (κ2) is 17.9. The van der Waals surface area contributed by atoms with Crippen molar-refractivity contribution in [1.29, 1.82) is 0 Å². The smallest absolute Gasteiger partial charge is 0.328 e. The van der Waals surface area contributed by atoms with E-state index in [1.807, 2.05) is 18.2 Å². The number of rotatable bonds is 10. The van der Waals surface area contributed by atoms with Crippen LogP contribution in [0.25, 0.3) is 0 Å². The molecule has 1 aromatic rings. The number of carboxylic acid groups (broad SMARTS) is 4. The number of hydrogen-bond donors (Lipinski definition) is 5. The molecule has 200 valence electrons. The fourth-order valence-electron chi connectivity index (χ4n) is 2.84. The Labute approximate surface area is 214 Å². The number of carboxylic acids is 4. The van der Waals surface area contributed by atoms with Crippen molar-refractivity contribution in [2.24, 2.45) is 17.6 Å². The first kappa shape index (κ1) is 32.6. The standard InChI is InChI=1S/C16H25ClN2O.2C4H4O4/c1-12(2)11-20-16-4-3-15(17)7-14(16)10-19-6-5-13(8-18)9-19;2*5-3(6)1-2-4(7)8/h3-4,7,12-13H,5-6,8-11,18H2,1-2H3;2*1-2H,(H,5,6)(H,7,8)/b;2*2-1+/t13-;;/m0../s1. The van der Waals surface area contributed by atoms with E-state index in [1.54, 1.807) is 0 Å². The average molecular weight is 529 g/mol. The highest BCUT2D eigenvalue weighted by molar-refractivity contribution is 6.30. The maximum absolute atomic E-state index is 9.55. The summed E-state index contributed by atoms with van der Waals surface area (Å²) in [5.41, 5.74) is 6.93. The minimum atomic E-state index is -1.26. The molecule has 1 aromatic carbocycles. The summed E-state index contributed by atoms with van der Waals surface area (Å²) in [6, 6.07) is 5.90. The van der Waals surface area contributed by atoms with Crippen molar-refractivity contribution in [2.75, 3.05) is 26.2 Å². The van der Waals surface area contributed by atoms with Crippen LogP contribution in [-0.4, -0.2) is 75.4 Å². The molecule has 0 unspecified atom stereocenters. The van der Waals surface area contributed by atoms with Crippen LogP contribution in [0.1, 0.15) is 25.8 Å². The van der Waals surface area contributed by atoms with Gasteiger partial charge >= 0.3 is 23.9 Å². The zero-order valence-electron chi connectivity index (χ0n) is 20.2. The molecule has 1 saturated heterocycles. The molecule has 0 radical (unpaired) electrons. The molecule has 6 N–H and O–H groups in total. The predicted octanol–water partition coefficient (Wildman–Crippen LogP) is 2.58. The van der Waals surface area contributed by atoms with E-state index < -0.39 is 23.9 Å². The second-order valence-corrected chi connectivity index (χ2v) is 8.54. The molecular weight excluding hydrogens is 496 g/mol. The van der Waals surface area contributed by atoms with Gasteiger partial charge in [-0.25, -0.2) is 19.2 Å². The molecule has 11 nitrogen and oxygen atoms in total. The molecule has 0 amide bonds. The van der Waals surface area contributed by atoms with Gasteiger partial charge in [-0.3, -0.25) is 4.90 Å². The summed E-state index contributed by atoms with van der Waals surface area (Å²) < 4.78 is 5.91. The van der Waals surface area contributed by atoms with Gasteiger partial charge in [0.2, 0.25) is 0 Å². The Balaban J connectivity index is 0.000000634. The van der Waals surface area contributed by atoms with Crippen molar-refractivity contribution >= 4 is 35.5 Å². The Morgan fingerprint density at radius 1 is 1.03 bits per heavy atom. The molecule has 0 bridgehead atoms. The molecule has 1 atom stereocenters. The third-order valence-corrected chi connectivity index (χ3v) is 4.66. The normalized spacial score (nSPS) is 15.2. The molecule has 2 rings (SSSR count). The summed E-state index contributed by atoms with van der Waals surface area (Å²) in [6.45, 7) is 8.90. The third-order valence-electron chi connectivity index (χ3n) is 4.43. The lowest BCUT2D eigenvalue weighted by atomic mass is 10.1. The largest absolute Gasteiger partial charge is 0.493 e. The van der Waals surface area contributed by atoms with Gasteiger partial charge in [0.25, 0.3) is 0 Å². The Hall–Kier alpha value is -3.41. The first-order valence-electron chi connectivity index (χ1n) is 11.0. The number of halogens is 1. The van der Waals surface area contributed by atoms with Crippen molar-refractivity contribution in [3.8, 4) is 5.75 Å². The van der Waals surface area contributed by atoms with Crippen molar-refractivity contribution in [1.82, 2.24) is 4.90 Å². The zero-order valence-corrected chi connectivity index (χ0v) is 20.9. The molecule has 0 aliphatic carbocycles. The highest BCUT2D eigenvalue weighted by atomic mass is 35.5. The van der Waals surface area contributed by atoms with Crippen LogP contribution in [-0.2, 0) is 25.7 Å². The molecule has 0 aromatic heterocycles. The van der Waals surface area contributed by atoms with Crippen molar-refractivity contribution in [3.63, 3.8) is 0 Å². The van der Waals surface area contributed by atoms with Crippen LogP contribution in [0.3, 0.4) is 0 Å². The van der Waals surface area contributed by atoms with Gasteiger partial charge in [0.1, 0.15) is 5.75 Å². The van der Waals surface area contributed by atoms with E-state index in [2.05, 4.69) is 18.7 Å². The number of ether oxygens (including phenoxy) is 1. The monoisotopic (exact) mass is 528 g/mol. The molecule has 1 aliphatic heterocycles. The molecule has 0 spiro atoms. The number of likely N-dealkylation sites (tertiary alicyclic amines) is 1. The third kappa shape index (κ3) is 17.1. The number of aliphatic carboxylic acids is 4. The summed E-state index contributed by atoms with van der Waals surface area (Å²) in [5.74, 6) is -2.92. The van der Waals surface area contributed by atoms with Gasteiger partial charge in [-0.2, -0.15) is 0 Å². The first-order chi connectivity index (χ1) is 16.8. The molecule has 1 aliphatic rings. The predicted molar refractivity (Wildman–Crippen MR) is 133 cm³/mol. The maximum Gasteiger partial charge on any atom is 0.328 e. The number of benzene rings is 1. The Bertz CT molecular complexity index is 866. The van der Waals surface area contributed by atoms with E-state index in [9.17, 15) is 19.2 Å². The number of nitrogens with two attached hydrogens (primary N) is 1. The Kier molecular flexibility index (Phi) is 16.2. The highest BCUT2D eigenvalue weighted by Crippen LogP contribution is 2.27. The van der Waals surface area contributed by atoms with Crippen LogP contribution in [0.15, 0.2) is 42.5 Å². The summed E-state index contributed by atoms with van der Waals surface area (Å²) in [4.78, 5) is 40.7. The van der Waals surface area contributed by atoms with Gasteiger partial charge < -0.3 is 30.9 Å². The average Bonchev–Trinajstić information content (AvgIpc) is 3.24. The van der Waals surface area contributed by atoms with Crippen LogP contribution in [0.2, 0.25) is 5.02 Å². The number of hydrogen-bond acceptors (Lipinski definition) is 7. The van der Waals surface area contributed by atoms with E-state index >= 15 is 0 Å². The first-order valence-corrected chi connectivity index (χ1v) is 11.3. The topological polar surface area (TPSA) is 188 Å².